The van der Waals surface area contributed by atoms with Gasteiger partial charge in [0.1, 0.15) is 11.3 Å². The zero-order valence-electron chi connectivity index (χ0n) is 18.9. The number of likely N-dealkylation sites (N-methyl/N-ethyl adjacent to an activating group) is 1. The first-order valence-corrected chi connectivity index (χ1v) is 11.7. The predicted molar refractivity (Wildman–Crippen MR) is 123 cm³/mol. The maximum absolute atomic E-state index is 13.9. The first-order valence-electron chi connectivity index (χ1n) is 11.7. The van der Waals surface area contributed by atoms with Crippen molar-refractivity contribution in [2.45, 2.75) is 55.2 Å². The number of aliphatic hydroxyl groups is 1. The van der Waals surface area contributed by atoms with E-state index in [-0.39, 0.29) is 17.7 Å². The van der Waals surface area contributed by atoms with Crippen LogP contribution in [-0.2, 0) is 10.2 Å². The van der Waals surface area contributed by atoms with Crippen molar-refractivity contribution in [1.82, 2.24) is 10.2 Å². The first kappa shape index (κ1) is 20.7. The summed E-state index contributed by atoms with van der Waals surface area (Å²) in [5, 5.41) is 25.7. The number of nitrogens with zero attached hydrogens (tertiary/aromatic N) is 2. The number of nitrogens with one attached hydrogen (secondary N) is 1. The Morgan fingerprint density at radius 1 is 1.09 bits per heavy atom. The zero-order valence-corrected chi connectivity index (χ0v) is 18.9. The number of fused-ring (bicyclic) bond motifs is 3. The molecule has 2 aromatic rings. The van der Waals surface area contributed by atoms with Gasteiger partial charge in [-0.1, -0.05) is 24.3 Å². The molecule has 7 heteroatoms. The second-order valence-corrected chi connectivity index (χ2v) is 10.5. The number of amides is 3. The number of urea groups is 1. The average Bonchev–Trinajstić information content (AvgIpc) is 3.14. The Balaban J connectivity index is 1.49. The summed E-state index contributed by atoms with van der Waals surface area (Å²) in [6.07, 6.45) is 1.82. The molecule has 3 amide bonds. The lowest BCUT2D eigenvalue weighted by molar-refractivity contribution is -0.143. The summed E-state index contributed by atoms with van der Waals surface area (Å²) in [4.78, 5) is 30.4. The monoisotopic (exact) mass is 447 g/mol. The van der Waals surface area contributed by atoms with Crippen LogP contribution >= 0.6 is 0 Å². The van der Waals surface area contributed by atoms with Gasteiger partial charge in [0.25, 0.3) is 5.91 Å². The van der Waals surface area contributed by atoms with Gasteiger partial charge in [-0.15, -0.1) is 0 Å². The molecule has 4 fully saturated rings. The lowest BCUT2D eigenvalue weighted by atomic mass is 9.55. The van der Waals surface area contributed by atoms with Gasteiger partial charge in [0, 0.05) is 18.0 Å². The lowest BCUT2D eigenvalue weighted by Gasteiger charge is -2.56. The Morgan fingerprint density at radius 2 is 1.85 bits per heavy atom. The first-order chi connectivity index (χ1) is 15.7. The van der Waals surface area contributed by atoms with E-state index in [0.717, 1.165) is 24.1 Å². The molecular formula is C26H29N3O4. The van der Waals surface area contributed by atoms with Crippen LogP contribution < -0.4 is 10.2 Å². The van der Waals surface area contributed by atoms with E-state index in [9.17, 15) is 19.8 Å². The number of hydrogen-bond acceptors (Lipinski definition) is 5. The van der Waals surface area contributed by atoms with Gasteiger partial charge in [-0.2, -0.15) is 0 Å². The number of aromatic hydroxyl groups is 1. The van der Waals surface area contributed by atoms with Crippen LogP contribution in [0.15, 0.2) is 48.5 Å². The van der Waals surface area contributed by atoms with Gasteiger partial charge in [0.05, 0.1) is 11.3 Å². The highest BCUT2D eigenvalue weighted by Crippen LogP contribution is 2.65. The number of hydrogen-bond donors (Lipinski definition) is 3. The normalized spacial score (nSPS) is 37.6. The molecule has 7 nitrogen and oxygen atoms in total. The number of benzene rings is 2. The minimum absolute atomic E-state index is 0.00836. The van der Waals surface area contributed by atoms with Gasteiger partial charge in [-0.25, -0.2) is 9.69 Å². The number of phenols is 1. The summed E-state index contributed by atoms with van der Waals surface area (Å²) in [6, 6.07) is 13.9. The third kappa shape index (κ3) is 2.52. The molecule has 0 aromatic heterocycles. The summed E-state index contributed by atoms with van der Waals surface area (Å²) in [6.45, 7) is 2.89. The van der Waals surface area contributed by atoms with Crippen molar-refractivity contribution in [1.29, 1.82) is 0 Å². The quantitative estimate of drug-likeness (QED) is 0.616. The van der Waals surface area contributed by atoms with Gasteiger partial charge < -0.3 is 15.5 Å². The number of anilines is 1. The lowest BCUT2D eigenvalue weighted by Crippen LogP contribution is -2.69. The van der Waals surface area contributed by atoms with Gasteiger partial charge in [-0.3, -0.25) is 9.69 Å². The average molecular weight is 448 g/mol. The largest absolute Gasteiger partial charge is 0.508 e. The molecule has 3 N–H and O–H groups in total. The van der Waals surface area contributed by atoms with Crippen molar-refractivity contribution < 1.29 is 19.8 Å². The van der Waals surface area contributed by atoms with Gasteiger partial charge in [-0.05, 0) is 81.0 Å². The van der Waals surface area contributed by atoms with E-state index in [1.54, 1.807) is 24.3 Å². The van der Waals surface area contributed by atoms with Crippen molar-refractivity contribution in [3.63, 3.8) is 0 Å². The van der Waals surface area contributed by atoms with Crippen molar-refractivity contribution in [2.75, 3.05) is 18.5 Å². The Kier molecular flexibility index (Phi) is 4.12. The molecule has 1 unspecified atom stereocenters. The van der Waals surface area contributed by atoms with Gasteiger partial charge in [0.15, 0.2) is 0 Å². The van der Waals surface area contributed by atoms with Gasteiger partial charge in [0.2, 0.25) is 0 Å². The van der Waals surface area contributed by atoms with Crippen LogP contribution in [0.4, 0.5) is 10.5 Å². The molecular weight excluding hydrogens is 418 g/mol. The van der Waals surface area contributed by atoms with E-state index in [4.69, 9.17) is 0 Å². The van der Waals surface area contributed by atoms with Crippen LogP contribution in [0.5, 0.6) is 5.75 Å². The molecule has 2 saturated heterocycles. The van der Waals surface area contributed by atoms with Crippen molar-refractivity contribution in [2.24, 2.45) is 5.92 Å². The van der Waals surface area contributed by atoms with Crippen molar-refractivity contribution in [3.8, 4) is 5.75 Å². The number of aryl methyl sites for hydroxylation is 1. The number of carbonyl (C=O) groups excluding carboxylic acids is 2. The molecule has 6 rings (SSSR count). The third-order valence-electron chi connectivity index (χ3n) is 8.82. The summed E-state index contributed by atoms with van der Waals surface area (Å²) in [5.74, 6) is 0.201. The van der Waals surface area contributed by atoms with Crippen LogP contribution in [0.1, 0.15) is 36.8 Å². The fourth-order valence-corrected chi connectivity index (χ4v) is 7.55. The van der Waals surface area contributed by atoms with Crippen LogP contribution in [0, 0.1) is 12.8 Å². The molecule has 0 bridgehead atoms. The molecule has 2 aliphatic heterocycles. The molecule has 0 radical (unpaired) electrons. The Hall–Kier alpha value is -2.90. The highest BCUT2D eigenvalue weighted by molar-refractivity contribution is 6.23. The zero-order chi connectivity index (χ0) is 23.2. The molecule has 2 aromatic carbocycles. The highest BCUT2D eigenvalue weighted by atomic mass is 16.3. The minimum atomic E-state index is -1.08. The molecule has 2 aliphatic carbocycles. The number of phenolic OH excluding ortho intramolecular Hbond substituents is 1. The molecule has 1 spiro atoms. The number of rotatable bonds is 2. The van der Waals surface area contributed by atoms with Crippen LogP contribution in [0.25, 0.3) is 0 Å². The molecule has 33 heavy (non-hydrogen) atoms. The number of imide groups is 1. The fraction of sp³-hybridized carbons (Fsp3) is 0.462. The summed E-state index contributed by atoms with van der Waals surface area (Å²) < 4.78 is 0. The second kappa shape index (κ2) is 6.58. The van der Waals surface area contributed by atoms with E-state index in [0.29, 0.717) is 30.9 Å². The molecule has 5 atom stereocenters. The third-order valence-corrected chi connectivity index (χ3v) is 8.82. The summed E-state index contributed by atoms with van der Waals surface area (Å²) >= 11 is 0. The standard InChI is InChI=1S/C26H29N3O4/c1-16-8-9-19(30)12-20(16)24-13-17-14-28(2)21(17)26(24,33)11-10-25(15-24)22(31)29(23(32)27-25)18-6-4-3-5-7-18/h3-9,12,17,21,30,33H,10-11,13-15H2,1-2H3,(H,27,32)/t17?,21-,24-,25+,26-/m1/s1. The number of carbonyl (C=O) groups is 2. The highest BCUT2D eigenvalue weighted by Gasteiger charge is 2.74. The Labute approximate surface area is 193 Å². The summed E-state index contributed by atoms with van der Waals surface area (Å²) in [5.41, 5.74) is -0.467. The molecule has 2 saturated carbocycles. The predicted octanol–water partition coefficient (Wildman–Crippen LogP) is 2.68. The Bertz CT molecular complexity index is 1170. The fourth-order valence-electron chi connectivity index (χ4n) is 7.55. The molecule has 2 heterocycles. The smallest absolute Gasteiger partial charge is 0.329 e. The van der Waals surface area contributed by atoms with E-state index < -0.39 is 22.6 Å². The van der Waals surface area contributed by atoms with Gasteiger partial charge >= 0.3 is 6.03 Å². The van der Waals surface area contributed by atoms with Crippen molar-refractivity contribution in [3.05, 3.63) is 59.7 Å². The van der Waals surface area contributed by atoms with E-state index in [1.807, 2.05) is 38.2 Å². The SMILES string of the molecule is Cc1ccc(O)cc1[C@]12CC3CN(C)[C@H]3[C@]1(O)CC[C@@]1(C2)NC(=O)N(c2ccccc2)C1=O. The molecule has 172 valence electrons. The maximum Gasteiger partial charge on any atom is 0.329 e. The van der Waals surface area contributed by atoms with E-state index in [1.165, 1.54) is 4.90 Å². The van der Waals surface area contributed by atoms with Crippen molar-refractivity contribution >= 4 is 17.6 Å². The molecule has 4 aliphatic rings. The Morgan fingerprint density at radius 3 is 2.58 bits per heavy atom. The second-order valence-electron chi connectivity index (χ2n) is 10.5. The van der Waals surface area contributed by atoms with Crippen LogP contribution in [0.2, 0.25) is 0 Å². The number of likely N-dealkylation sites (tertiary alicyclic amines) is 1. The van der Waals surface area contributed by atoms with E-state index >= 15 is 0 Å². The van der Waals surface area contributed by atoms with E-state index in [2.05, 4.69) is 10.2 Å². The topological polar surface area (TPSA) is 93.1 Å². The number of para-hydroxylation sites is 1. The van der Waals surface area contributed by atoms with Crippen LogP contribution in [0.3, 0.4) is 0 Å². The minimum Gasteiger partial charge on any atom is -0.508 e. The maximum atomic E-state index is 13.9. The summed E-state index contributed by atoms with van der Waals surface area (Å²) in [7, 11) is 2.04. The van der Waals surface area contributed by atoms with Crippen LogP contribution in [-0.4, -0.2) is 57.8 Å².